The van der Waals surface area contributed by atoms with Gasteiger partial charge in [-0.05, 0) is 42.8 Å². The van der Waals surface area contributed by atoms with Gasteiger partial charge >= 0.3 is 0 Å². The van der Waals surface area contributed by atoms with E-state index < -0.39 is 0 Å². The van der Waals surface area contributed by atoms with Gasteiger partial charge in [0.05, 0.1) is 34.1 Å². The number of nitrogens with one attached hydrogen (secondary N) is 2. The van der Waals surface area contributed by atoms with E-state index in [4.69, 9.17) is 4.74 Å². The van der Waals surface area contributed by atoms with Crippen LogP contribution in [0.15, 0.2) is 66.7 Å². The van der Waals surface area contributed by atoms with Crippen LogP contribution in [0.1, 0.15) is 26.3 Å². The van der Waals surface area contributed by atoms with Crippen LogP contribution in [0.2, 0.25) is 0 Å². The summed E-state index contributed by atoms with van der Waals surface area (Å²) in [5.74, 6) is -0.243. The second-order valence-corrected chi connectivity index (χ2v) is 7.63. The highest BCUT2D eigenvalue weighted by Gasteiger charge is 2.17. The number of thiazole rings is 1. The second-order valence-electron chi connectivity index (χ2n) is 6.59. The van der Waals surface area contributed by atoms with E-state index in [1.54, 1.807) is 48.5 Å². The van der Waals surface area contributed by atoms with Gasteiger partial charge in [0.15, 0.2) is 5.13 Å². The molecule has 0 aliphatic carbocycles. The van der Waals surface area contributed by atoms with E-state index in [1.165, 1.54) is 18.4 Å². The fourth-order valence-electron chi connectivity index (χ4n) is 3.12. The molecule has 4 aromatic rings. The maximum absolute atomic E-state index is 12.9. The number of ether oxygens (including phenoxy) is 1. The van der Waals surface area contributed by atoms with E-state index in [9.17, 15) is 9.59 Å². The second kappa shape index (κ2) is 8.34. The van der Waals surface area contributed by atoms with E-state index in [-0.39, 0.29) is 11.8 Å². The molecule has 3 aromatic carbocycles. The van der Waals surface area contributed by atoms with Gasteiger partial charge < -0.3 is 10.1 Å². The molecule has 0 unspecified atom stereocenters. The van der Waals surface area contributed by atoms with Crippen molar-refractivity contribution in [3.63, 3.8) is 0 Å². The van der Waals surface area contributed by atoms with Crippen molar-refractivity contribution in [2.24, 2.45) is 0 Å². The van der Waals surface area contributed by atoms with Gasteiger partial charge in [0.2, 0.25) is 0 Å². The number of carbonyl (C=O) groups excluding carboxylic acids is 2. The Kier molecular flexibility index (Phi) is 5.45. The zero-order valence-electron chi connectivity index (χ0n) is 16.4. The summed E-state index contributed by atoms with van der Waals surface area (Å²) in [7, 11) is 1.51. The zero-order valence-corrected chi connectivity index (χ0v) is 17.2. The third-order valence-corrected chi connectivity index (χ3v) is 5.55. The Balaban J connectivity index is 1.58. The molecule has 2 amide bonds. The molecule has 0 atom stereocenters. The number of rotatable bonds is 5. The number of benzene rings is 3. The van der Waals surface area contributed by atoms with Gasteiger partial charge in [-0.15, -0.1) is 0 Å². The molecule has 0 radical (unpaired) electrons. The number of amides is 2. The molecule has 0 spiro atoms. The number of methoxy groups -OCH3 is 1. The summed E-state index contributed by atoms with van der Waals surface area (Å²) in [6.45, 7) is 1.98. The Morgan fingerprint density at radius 3 is 2.33 bits per heavy atom. The summed E-state index contributed by atoms with van der Waals surface area (Å²) >= 11 is 1.41. The molecule has 0 aliphatic heterocycles. The standard InChI is InChI=1S/C23H19N3O3S/c1-14-8-7-13-19-20(14)25-23(30-19)26-21(27)15-9-3-5-11-17(15)24-22(28)16-10-4-6-12-18(16)29-2/h3-13H,1-2H3,(H,24,28)(H,25,26,27). The van der Waals surface area contributed by atoms with E-state index in [2.05, 4.69) is 15.6 Å². The van der Waals surface area contributed by atoms with Crippen LogP contribution in [0.4, 0.5) is 10.8 Å². The SMILES string of the molecule is COc1ccccc1C(=O)Nc1ccccc1C(=O)Nc1nc2c(C)cccc2s1. The van der Waals surface area contributed by atoms with Crippen LogP contribution in [-0.4, -0.2) is 23.9 Å². The number of aromatic nitrogens is 1. The first-order valence-electron chi connectivity index (χ1n) is 9.27. The highest BCUT2D eigenvalue weighted by atomic mass is 32.1. The average Bonchev–Trinajstić information content (AvgIpc) is 3.18. The molecule has 1 heterocycles. The van der Waals surface area contributed by atoms with Gasteiger partial charge in [-0.1, -0.05) is 47.7 Å². The molecule has 6 nitrogen and oxygen atoms in total. The molecular weight excluding hydrogens is 398 g/mol. The number of aryl methyl sites for hydroxylation is 1. The van der Waals surface area contributed by atoms with E-state index in [1.807, 2.05) is 25.1 Å². The Hall–Kier alpha value is -3.71. The zero-order chi connectivity index (χ0) is 21.1. The largest absolute Gasteiger partial charge is 0.496 e. The van der Waals surface area contributed by atoms with Gasteiger partial charge in [0.1, 0.15) is 5.75 Å². The molecule has 7 heteroatoms. The molecule has 1 aromatic heterocycles. The van der Waals surface area contributed by atoms with Crippen molar-refractivity contribution in [1.29, 1.82) is 0 Å². The number of fused-ring (bicyclic) bond motifs is 1. The molecule has 150 valence electrons. The fraction of sp³-hybridized carbons (Fsp3) is 0.0870. The van der Waals surface area contributed by atoms with Crippen molar-refractivity contribution in [1.82, 2.24) is 4.98 Å². The predicted octanol–water partition coefficient (Wildman–Crippen LogP) is 5.12. The van der Waals surface area contributed by atoms with Crippen molar-refractivity contribution in [3.05, 3.63) is 83.4 Å². The maximum atomic E-state index is 12.9. The number of hydrogen-bond donors (Lipinski definition) is 2. The number of nitrogens with zero attached hydrogens (tertiary/aromatic N) is 1. The Morgan fingerprint density at radius 2 is 1.57 bits per heavy atom. The Labute approximate surface area is 177 Å². The van der Waals surface area contributed by atoms with Crippen molar-refractivity contribution < 1.29 is 14.3 Å². The van der Waals surface area contributed by atoms with Crippen LogP contribution < -0.4 is 15.4 Å². The van der Waals surface area contributed by atoms with Gasteiger partial charge in [-0.3, -0.25) is 14.9 Å². The lowest BCUT2D eigenvalue weighted by atomic mass is 10.1. The van der Waals surface area contributed by atoms with Crippen molar-refractivity contribution >= 4 is 44.2 Å². The summed E-state index contributed by atoms with van der Waals surface area (Å²) in [5.41, 5.74) is 3.06. The summed E-state index contributed by atoms with van der Waals surface area (Å²) in [4.78, 5) is 30.2. The molecule has 4 rings (SSSR count). The number of carbonyl (C=O) groups is 2. The molecule has 2 N–H and O–H groups in total. The molecule has 0 fully saturated rings. The first kappa shape index (κ1) is 19.6. The summed E-state index contributed by atoms with van der Waals surface area (Å²) in [6, 6.07) is 19.7. The topological polar surface area (TPSA) is 80.3 Å². The molecule has 30 heavy (non-hydrogen) atoms. The molecule has 0 aliphatic rings. The van der Waals surface area contributed by atoms with E-state index in [0.29, 0.717) is 27.7 Å². The minimum absolute atomic E-state index is 0.344. The number of para-hydroxylation sites is 3. The minimum atomic E-state index is -0.358. The highest BCUT2D eigenvalue weighted by Crippen LogP contribution is 2.29. The molecule has 0 saturated heterocycles. The normalized spacial score (nSPS) is 10.6. The highest BCUT2D eigenvalue weighted by molar-refractivity contribution is 7.22. The number of anilines is 2. The Morgan fingerprint density at radius 1 is 0.867 bits per heavy atom. The molecule has 0 bridgehead atoms. The van der Waals surface area contributed by atoms with Crippen molar-refractivity contribution in [2.45, 2.75) is 6.92 Å². The van der Waals surface area contributed by atoms with Crippen LogP contribution in [0, 0.1) is 6.92 Å². The van der Waals surface area contributed by atoms with Crippen LogP contribution in [0.5, 0.6) is 5.75 Å². The van der Waals surface area contributed by atoms with Crippen LogP contribution in [-0.2, 0) is 0 Å². The third kappa shape index (κ3) is 3.88. The minimum Gasteiger partial charge on any atom is -0.496 e. The van der Waals surface area contributed by atoms with Gasteiger partial charge in [0, 0.05) is 0 Å². The van der Waals surface area contributed by atoms with Gasteiger partial charge in [-0.2, -0.15) is 0 Å². The first-order valence-corrected chi connectivity index (χ1v) is 10.1. The lowest BCUT2D eigenvalue weighted by molar-refractivity contribution is 0.102. The molecule has 0 saturated carbocycles. The summed E-state index contributed by atoms with van der Waals surface area (Å²) < 4.78 is 6.26. The van der Waals surface area contributed by atoms with Crippen LogP contribution >= 0.6 is 11.3 Å². The van der Waals surface area contributed by atoms with Crippen molar-refractivity contribution in [2.75, 3.05) is 17.7 Å². The fourth-order valence-corrected chi connectivity index (χ4v) is 4.05. The lowest BCUT2D eigenvalue weighted by Crippen LogP contribution is -2.18. The lowest BCUT2D eigenvalue weighted by Gasteiger charge is -2.12. The molecular formula is C23H19N3O3S. The third-order valence-electron chi connectivity index (χ3n) is 4.61. The van der Waals surface area contributed by atoms with Crippen LogP contribution in [0.25, 0.3) is 10.2 Å². The van der Waals surface area contributed by atoms with E-state index >= 15 is 0 Å². The van der Waals surface area contributed by atoms with Crippen LogP contribution in [0.3, 0.4) is 0 Å². The Bertz CT molecular complexity index is 1250. The summed E-state index contributed by atoms with van der Waals surface area (Å²) in [6.07, 6.45) is 0. The average molecular weight is 417 g/mol. The van der Waals surface area contributed by atoms with Gasteiger partial charge in [0.25, 0.3) is 11.8 Å². The number of hydrogen-bond acceptors (Lipinski definition) is 5. The maximum Gasteiger partial charge on any atom is 0.259 e. The quantitative estimate of drug-likeness (QED) is 0.472. The van der Waals surface area contributed by atoms with E-state index in [0.717, 1.165) is 15.8 Å². The summed E-state index contributed by atoms with van der Waals surface area (Å²) in [5, 5.41) is 6.16. The first-order chi connectivity index (χ1) is 14.6. The van der Waals surface area contributed by atoms with Crippen molar-refractivity contribution in [3.8, 4) is 5.75 Å². The van der Waals surface area contributed by atoms with Gasteiger partial charge in [-0.25, -0.2) is 4.98 Å². The monoisotopic (exact) mass is 417 g/mol. The predicted molar refractivity (Wildman–Crippen MR) is 120 cm³/mol. The smallest absolute Gasteiger partial charge is 0.259 e.